The fraction of sp³-hybridized carbons (Fsp3) is 0.407. The first-order valence-corrected chi connectivity index (χ1v) is 12.6. The molecule has 38 heavy (non-hydrogen) atoms. The van der Waals surface area contributed by atoms with Gasteiger partial charge in [0.2, 0.25) is 0 Å². The zero-order chi connectivity index (χ0) is 26.7. The van der Waals surface area contributed by atoms with Gasteiger partial charge in [-0.2, -0.15) is 23.5 Å². The van der Waals surface area contributed by atoms with Gasteiger partial charge in [0.15, 0.2) is 0 Å². The standard InChI is InChI=1S/C27H29F3N8/c1-18-20(2-3-25-24(18)11-23(12-31)38(25)15-19-13-34-35-14-19)16-37-8-5-21(6-9-37)36-26-10-22(32-17-33-26)4-7-27(28,29)30/h2-3,10-11,13-14,17,21H,4-9,15-16H2,1H3,(H,34,35)(H,32,33,36). The maximum atomic E-state index is 12.5. The first kappa shape index (κ1) is 25.7. The predicted octanol–water partition coefficient (Wildman–Crippen LogP) is 4.95. The molecule has 1 saturated heterocycles. The van der Waals surface area contributed by atoms with Gasteiger partial charge in [-0.1, -0.05) is 6.07 Å². The van der Waals surface area contributed by atoms with E-state index in [0.717, 1.165) is 48.9 Å². The molecule has 0 saturated carbocycles. The van der Waals surface area contributed by atoms with Gasteiger partial charge in [0, 0.05) is 66.5 Å². The lowest BCUT2D eigenvalue weighted by atomic mass is 10.0. The smallest absolute Gasteiger partial charge is 0.367 e. The maximum absolute atomic E-state index is 12.5. The van der Waals surface area contributed by atoms with Crippen molar-refractivity contribution in [3.05, 3.63) is 71.1 Å². The Morgan fingerprint density at radius 3 is 2.68 bits per heavy atom. The van der Waals surface area contributed by atoms with E-state index < -0.39 is 12.6 Å². The summed E-state index contributed by atoms with van der Waals surface area (Å²) in [6, 6.07) is 10.4. The van der Waals surface area contributed by atoms with Crippen molar-refractivity contribution in [2.75, 3.05) is 18.4 Å². The molecular formula is C27H29F3N8. The SMILES string of the molecule is Cc1c(CN2CCC(Nc3cc(CCC(F)(F)F)ncn3)CC2)ccc2c1cc(C#N)n2Cc1cn[nH]c1. The number of hydrogen-bond acceptors (Lipinski definition) is 6. The number of aromatic amines is 1. The van der Waals surface area contributed by atoms with Crippen LogP contribution in [0.25, 0.3) is 10.9 Å². The number of piperidine rings is 1. The van der Waals surface area contributed by atoms with Gasteiger partial charge >= 0.3 is 6.18 Å². The molecule has 1 aliphatic heterocycles. The molecular weight excluding hydrogens is 493 g/mol. The molecule has 0 radical (unpaired) electrons. The highest BCUT2D eigenvalue weighted by Gasteiger charge is 2.27. The first-order valence-electron chi connectivity index (χ1n) is 12.6. The monoisotopic (exact) mass is 522 g/mol. The number of fused-ring (bicyclic) bond motifs is 1. The van der Waals surface area contributed by atoms with E-state index in [1.807, 2.05) is 16.8 Å². The van der Waals surface area contributed by atoms with Crippen LogP contribution < -0.4 is 5.32 Å². The third-order valence-electron chi connectivity index (χ3n) is 7.20. The second-order valence-electron chi connectivity index (χ2n) is 9.82. The Labute approximate surface area is 218 Å². The molecule has 1 aromatic carbocycles. The van der Waals surface area contributed by atoms with E-state index in [-0.39, 0.29) is 12.5 Å². The molecule has 1 fully saturated rings. The molecule has 4 heterocycles. The van der Waals surface area contributed by atoms with Crippen LogP contribution in [0.4, 0.5) is 19.0 Å². The molecule has 0 unspecified atom stereocenters. The van der Waals surface area contributed by atoms with Crippen molar-refractivity contribution in [1.82, 2.24) is 29.6 Å². The van der Waals surface area contributed by atoms with Crippen LogP contribution in [0.3, 0.4) is 0 Å². The van der Waals surface area contributed by atoms with Gasteiger partial charge in [0.1, 0.15) is 23.9 Å². The third-order valence-corrected chi connectivity index (χ3v) is 7.20. The molecule has 8 nitrogen and oxygen atoms in total. The van der Waals surface area contributed by atoms with Gasteiger partial charge < -0.3 is 9.88 Å². The van der Waals surface area contributed by atoms with Crippen LogP contribution >= 0.6 is 0 Å². The Hall–Kier alpha value is -3.91. The molecule has 11 heteroatoms. The Kier molecular flexibility index (Phi) is 7.33. The number of nitrogens with one attached hydrogen (secondary N) is 2. The molecule has 198 valence electrons. The number of anilines is 1. The molecule has 5 rings (SSSR count). The predicted molar refractivity (Wildman–Crippen MR) is 137 cm³/mol. The Bertz CT molecular complexity index is 1430. The summed E-state index contributed by atoms with van der Waals surface area (Å²) in [6.07, 6.45) is 1.50. The van der Waals surface area contributed by atoms with Crippen molar-refractivity contribution in [3.63, 3.8) is 0 Å². The largest absolute Gasteiger partial charge is 0.389 e. The van der Waals surface area contributed by atoms with Gasteiger partial charge in [-0.15, -0.1) is 0 Å². The molecule has 3 aromatic heterocycles. The van der Waals surface area contributed by atoms with Gasteiger partial charge in [-0.3, -0.25) is 10.00 Å². The van der Waals surface area contributed by atoms with Crippen molar-refractivity contribution in [3.8, 4) is 6.07 Å². The van der Waals surface area contributed by atoms with Crippen molar-refractivity contribution >= 4 is 16.7 Å². The van der Waals surface area contributed by atoms with Crippen molar-refractivity contribution in [2.24, 2.45) is 0 Å². The van der Waals surface area contributed by atoms with Crippen LogP contribution in [0, 0.1) is 18.3 Å². The average Bonchev–Trinajstić information content (AvgIpc) is 3.54. The van der Waals surface area contributed by atoms with Crippen LogP contribution in [0.5, 0.6) is 0 Å². The van der Waals surface area contributed by atoms with Crippen LogP contribution in [-0.2, 0) is 19.5 Å². The lowest BCUT2D eigenvalue weighted by Crippen LogP contribution is -2.39. The summed E-state index contributed by atoms with van der Waals surface area (Å²) in [6.45, 7) is 5.30. The summed E-state index contributed by atoms with van der Waals surface area (Å²) in [5.74, 6) is 0.574. The van der Waals surface area contributed by atoms with E-state index in [2.05, 4.69) is 55.5 Å². The number of hydrogen-bond donors (Lipinski definition) is 2. The third kappa shape index (κ3) is 5.97. The lowest BCUT2D eigenvalue weighted by molar-refractivity contribution is -0.134. The highest BCUT2D eigenvalue weighted by atomic mass is 19.4. The molecule has 0 aliphatic carbocycles. The quantitative estimate of drug-likeness (QED) is 0.340. The van der Waals surface area contributed by atoms with Gasteiger partial charge in [-0.25, -0.2) is 9.97 Å². The zero-order valence-corrected chi connectivity index (χ0v) is 21.1. The highest BCUT2D eigenvalue weighted by molar-refractivity contribution is 5.86. The number of benzene rings is 1. The zero-order valence-electron chi connectivity index (χ0n) is 21.1. The van der Waals surface area contributed by atoms with Crippen molar-refractivity contribution in [2.45, 2.75) is 57.9 Å². The first-order chi connectivity index (χ1) is 18.3. The number of nitriles is 1. The number of rotatable bonds is 8. The van der Waals surface area contributed by atoms with E-state index in [0.29, 0.717) is 23.8 Å². The topological polar surface area (TPSA) is 98.5 Å². The summed E-state index contributed by atoms with van der Waals surface area (Å²) in [5.41, 5.74) is 5.47. The van der Waals surface area contributed by atoms with Crippen LogP contribution in [0.2, 0.25) is 0 Å². The van der Waals surface area contributed by atoms with Crippen molar-refractivity contribution in [1.29, 1.82) is 5.26 Å². The summed E-state index contributed by atoms with van der Waals surface area (Å²) < 4.78 is 39.6. The Morgan fingerprint density at radius 2 is 1.97 bits per heavy atom. The highest BCUT2D eigenvalue weighted by Crippen LogP contribution is 2.28. The van der Waals surface area contributed by atoms with E-state index >= 15 is 0 Å². The van der Waals surface area contributed by atoms with Crippen LogP contribution in [0.1, 0.15) is 47.3 Å². The second-order valence-corrected chi connectivity index (χ2v) is 9.82. The number of aromatic nitrogens is 5. The molecule has 4 aromatic rings. The van der Waals surface area contributed by atoms with Gasteiger partial charge in [0.05, 0.1) is 12.7 Å². The Morgan fingerprint density at radius 1 is 1.16 bits per heavy atom. The molecule has 0 atom stereocenters. The van der Waals surface area contributed by atoms with Gasteiger partial charge in [-0.05, 0) is 49.4 Å². The average molecular weight is 523 g/mol. The van der Waals surface area contributed by atoms with Gasteiger partial charge in [0.25, 0.3) is 0 Å². The molecule has 0 bridgehead atoms. The summed E-state index contributed by atoms with van der Waals surface area (Å²) in [7, 11) is 0. The van der Waals surface area contributed by atoms with Crippen LogP contribution in [0.15, 0.2) is 43.0 Å². The fourth-order valence-corrected chi connectivity index (χ4v) is 5.07. The second kappa shape index (κ2) is 10.8. The summed E-state index contributed by atoms with van der Waals surface area (Å²) in [4.78, 5) is 10.6. The summed E-state index contributed by atoms with van der Waals surface area (Å²) >= 11 is 0. The number of halogens is 3. The minimum Gasteiger partial charge on any atom is -0.367 e. The van der Waals surface area contributed by atoms with E-state index in [1.54, 1.807) is 12.3 Å². The van der Waals surface area contributed by atoms with Crippen LogP contribution in [-0.4, -0.2) is 54.9 Å². The Balaban J connectivity index is 1.20. The lowest BCUT2D eigenvalue weighted by Gasteiger charge is -2.33. The van der Waals surface area contributed by atoms with E-state index in [9.17, 15) is 18.4 Å². The maximum Gasteiger partial charge on any atom is 0.389 e. The van der Waals surface area contributed by atoms with E-state index in [4.69, 9.17) is 0 Å². The number of aryl methyl sites for hydroxylation is 2. The fourth-order valence-electron chi connectivity index (χ4n) is 5.07. The summed E-state index contributed by atoms with van der Waals surface area (Å²) in [5, 5.41) is 21.0. The minimum atomic E-state index is -4.20. The number of nitrogens with zero attached hydrogens (tertiary/aromatic N) is 6. The number of likely N-dealkylation sites (tertiary alicyclic amines) is 1. The number of alkyl halides is 3. The van der Waals surface area contributed by atoms with Crippen molar-refractivity contribution < 1.29 is 13.2 Å². The molecule has 1 aliphatic rings. The van der Waals surface area contributed by atoms with E-state index in [1.165, 1.54) is 17.5 Å². The molecule has 2 N–H and O–H groups in total. The number of H-pyrrole nitrogens is 1. The molecule has 0 amide bonds. The normalized spacial score (nSPS) is 15.1. The molecule has 0 spiro atoms. The minimum absolute atomic E-state index is 0.147.